The summed E-state index contributed by atoms with van der Waals surface area (Å²) in [5.41, 5.74) is 1.67. The van der Waals surface area contributed by atoms with Gasteiger partial charge in [0.25, 0.3) is 0 Å². The fourth-order valence-electron chi connectivity index (χ4n) is 6.61. The van der Waals surface area contributed by atoms with Gasteiger partial charge < -0.3 is 15.1 Å². The number of carbonyl (C=O) groups excluding carboxylic acids is 2. The Kier molecular flexibility index (Phi) is 10.9. The third kappa shape index (κ3) is 7.39. The molecule has 0 aliphatic carbocycles. The zero-order valence-electron chi connectivity index (χ0n) is 24.2. The van der Waals surface area contributed by atoms with Crippen molar-refractivity contribution in [1.82, 2.24) is 20.0 Å². The molecule has 4 rings (SSSR count). The molecule has 2 aliphatic rings. The zero-order chi connectivity index (χ0) is 28.7. The molecule has 2 heterocycles. The molecule has 2 amide bonds. The third-order valence-corrected chi connectivity index (χ3v) is 9.53. The van der Waals surface area contributed by atoms with Crippen LogP contribution in [0.15, 0.2) is 48.5 Å². The quantitative estimate of drug-likeness (QED) is 0.392. The summed E-state index contributed by atoms with van der Waals surface area (Å²) in [5.74, 6) is 0.436. The van der Waals surface area contributed by atoms with E-state index in [1.54, 1.807) is 4.90 Å². The van der Waals surface area contributed by atoms with Crippen LogP contribution in [0.5, 0.6) is 0 Å². The SMILES string of the molecule is CN(C)C(=O)C1(N2CCCCC2CCC(CN(C)C(=O)Cc2ccccc2)c2ccc(Cl)c(Cl)c2)CCNCC1. The van der Waals surface area contributed by atoms with Gasteiger partial charge in [0, 0.05) is 39.6 Å². The van der Waals surface area contributed by atoms with Crippen LogP contribution in [-0.4, -0.2) is 85.4 Å². The first kappa shape index (κ1) is 30.8. The normalized spacial score (nSPS) is 20.1. The minimum absolute atomic E-state index is 0.0980. The van der Waals surface area contributed by atoms with Crippen molar-refractivity contribution < 1.29 is 9.59 Å². The molecule has 0 saturated carbocycles. The van der Waals surface area contributed by atoms with E-state index < -0.39 is 5.54 Å². The van der Waals surface area contributed by atoms with Crippen LogP contribution in [0.4, 0.5) is 0 Å². The molecule has 40 heavy (non-hydrogen) atoms. The van der Waals surface area contributed by atoms with Gasteiger partial charge in [-0.15, -0.1) is 0 Å². The predicted molar refractivity (Wildman–Crippen MR) is 164 cm³/mol. The highest BCUT2D eigenvalue weighted by atomic mass is 35.5. The van der Waals surface area contributed by atoms with Crippen LogP contribution in [0.1, 0.15) is 62.0 Å². The summed E-state index contributed by atoms with van der Waals surface area (Å²) in [6, 6.07) is 16.0. The number of benzene rings is 2. The summed E-state index contributed by atoms with van der Waals surface area (Å²) in [7, 11) is 5.66. The van der Waals surface area contributed by atoms with E-state index in [9.17, 15) is 9.59 Å². The minimum Gasteiger partial charge on any atom is -0.347 e. The minimum atomic E-state index is -0.443. The van der Waals surface area contributed by atoms with E-state index in [-0.39, 0.29) is 17.7 Å². The second-order valence-corrected chi connectivity index (χ2v) is 12.5. The summed E-state index contributed by atoms with van der Waals surface area (Å²) in [6.45, 7) is 3.28. The van der Waals surface area contributed by atoms with Crippen LogP contribution in [0.2, 0.25) is 10.0 Å². The van der Waals surface area contributed by atoms with Gasteiger partial charge in [-0.05, 0) is 81.4 Å². The van der Waals surface area contributed by atoms with E-state index in [1.165, 1.54) is 6.42 Å². The lowest BCUT2D eigenvalue weighted by atomic mass is 9.80. The molecular weight excluding hydrogens is 543 g/mol. The van der Waals surface area contributed by atoms with Gasteiger partial charge >= 0.3 is 0 Å². The summed E-state index contributed by atoms with van der Waals surface area (Å²) >= 11 is 12.7. The number of carbonyl (C=O) groups is 2. The number of nitrogens with one attached hydrogen (secondary N) is 1. The topological polar surface area (TPSA) is 55.9 Å². The predicted octanol–water partition coefficient (Wildman–Crippen LogP) is 5.62. The van der Waals surface area contributed by atoms with E-state index in [1.807, 2.05) is 74.6 Å². The highest BCUT2D eigenvalue weighted by Crippen LogP contribution is 2.37. The van der Waals surface area contributed by atoms with Crippen LogP contribution in [0.3, 0.4) is 0 Å². The van der Waals surface area contributed by atoms with Gasteiger partial charge in [0.05, 0.1) is 16.5 Å². The first-order valence-corrected chi connectivity index (χ1v) is 15.4. The molecule has 2 fully saturated rings. The average molecular weight is 588 g/mol. The molecular formula is C32H44Cl2N4O2. The van der Waals surface area contributed by atoms with Crippen molar-refractivity contribution in [3.8, 4) is 0 Å². The summed E-state index contributed by atoms with van der Waals surface area (Å²) in [6.07, 6.45) is 7.31. The molecule has 2 aliphatic heterocycles. The Labute approximate surface area is 250 Å². The maximum Gasteiger partial charge on any atom is 0.242 e. The van der Waals surface area contributed by atoms with Crippen molar-refractivity contribution in [3.63, 3.8) is 0 Å². The fraction of sp³-hybridized carbons (Fsp3) is 0.562. The molecule has 6 nitrogen and oxygen atoms in total. The van der Waals surface area contributed by atoms with E-state index >= 15 is 0 Å². The van der Waals surface area contributed by atoms with Crippen molar-refractivity contribution >= 4 is 35.0 Å². The second-order valence-electron chi connectivity index (χ2n) is 11.7. The molecule has 0 radical (unpaired) electrons. The van der Waals surface area contributed by atoms with Crippen molar-refractivity contribution in [2.24, 2.45) is 0 Å². The molecule has 2 saturated heterocycles. The van der Waals surface area contributed by atoms with E-state index in [0.29, 0.717) is 29.1 Å². The molecule has 0 bridgehead atoms. The maximum atomic E-state index is 13.6. The highest BCUT2D eigenvalue weighted by Gasteiger charge is 2.48. The Morgan fingerprint density at radius 1 is 1.02 bits per heavy atom. The van der Waals surface area contributed by atoms with Gasteiger partial charge in [0.2, 0.25) is 11.8 Å². The molecule has 2 aromatic rings. The van der Waals surface area contributed by atoms with Crippen molar-refractivity contribution in [1.29, 1.82) is 0 Å². The lowest BCUT2D eigenvalue weighted by Crippen LogP contribution is -2.66. The number of rotatable bonds is 10. The molecule has 8 heteroatoms. The van der Waals surface area contributed by atoms with Gasteiger partial charge in [-0.3, -0.25) is 14.5 Å². The summed E-state index contributed by atoms with van der Waals surface area (Å²) in [4.78, 5) is 33.0. The standard InChI is InChI=1S/C32H44Cl2N4O2/c1-36(2)31(40)32(16-18-35-19-17-32)38-20-8-7-11-27(38)14-12-26(25-13-15-28(33)29(34)22-25)23-37(3)30(39)21-24-9-5-4-6-10-24/h4-6,9-10,13,15,22,26-27,35H,7-8,11-12,14,16-21,23H2,1-3H3. The van der Waals surface area contributed by atoms with E-state index in [0.717, 1.165) is 69.3 Å². The average Bonchev–Trinajstić information content (AvgIpc) is 2.97. The van der Waals surface area contributed by atoms with Crippen LogP contribution in [-0.2, 0) is 16.0 Å². The molecule has 2 aromatic carbocycles. The Hall–Kier alpha value is -2.12. The number of likely N-dealkylation sites (tertiary alicyclic amines) is 1. The first-order chi connectivity index (χ1) is 19.2. The number of halogens is 2. The third-order valence-electron chi connectivity index (χ3n) is 8.79. The lowest BCUT2D eigenvalue weighted by Gasteiger charge is -2.51. The monoisotopic (exact) mass is 586 g/mol. The van der Waals surface area contributed by atoms with Crippen molar-refractivity contribution in [2.45, 2.75) is 68.9 Å². The molecule has 0 aromatic heterocycles. The van der Waals surface area contributed by atoms with E-state index in [2.05, 4.69) is 10.2 Å². The van der Waals surface area contributed by atoms with Gasteiger partial charge in [0.15, 0.2) is 0 Å². The number of amides is 2. The lowest BCUT2D eigenvalue weighted by molar-refractivity contribution is -0.148. The molecule has 2 atom stereocenters. The molecule has 218 valence electrons. The summed E-state index contributed by atoms with van der Waals surface area (Å²) in [5, 5.41) is 4.53. The Morgan fingerprint density at radius 2 is 1.75 bits per heavy atom. The first-order valence-electron chi connectivity index (χ1n) is 14.6. The number of nitrogens with zero attached hydrogens (tertiary/aromatic N) is 3. The second kappa shape index (κ2) is 14.2. The smallest absolute Gasteiger partial charge is 0.242 e. The Bertz CT molecular complexity index is 1140. The van der Waals surface area contributed by atoms with Crippen LogP contribution in [0, 0.1) is 0 Å². The molecule has 0 spiro atoms. The van der Waals surface area contributed by atoms with Gasteiger partial charge in [-0.2, -0.15) is 0 Å². The Morgan fingerprint density at radius 3 is 2.42 bits per heavy atom. The zero-order valence-corrected chi connectivity index (χ0v) is 25.7. The van der Waals surface area contributed by atoms with Gasteiger partial charge in [-0.1, -0.05) is 66.0 Å². The van der Waals surface area contributed by atoms with Crippen LogP contribution in [0.25, 0.3) is 0 Å². The number of hydrogen-bond acceptors (Lipinski definition) is 4. The number of likely N-dealkylation sites (N-methyl/N-ethyl adjacent to an activating group) is 2. The van der Waals surface area contributed by atoms with Gasteiger partial charge in [-0.25, -0.2) is 0 Å². The number of hydrogen-bond donors (Lipinski definition) is 1. The summed E-state index contributed by atoms with van der Waals surface area (Å²) < 4.78 is 0. The van der Waals surface area contributed by atoms with Crippen molar-refractivity contribution in [3.05, 3.63) is 69.7 Å². The maximum absolute atomic E-state index is 13.6. The van der Waals surface area contributed by atoms with E-state index in [4.69, 9.17) is 23.2 Å². The van der Waals surface area contributed by atoms with Crippen molar-refractivity contribution in [2.75, 3.05) is 47.3 Å². The largest absolute Gasteiger partial charge is 0.347 e. The number of piperidine rings is 2. The highest BCUT2D eigenvalue weighted by molar-refractivity contribution is 6.42. The molecule has 1 N–H and O–H groups in total. The molecule has 2 unspecified atom stereocenters. The fourth-order valence-corrected chi connectivity index (χ4v) is 6.91. The van der Waals surface area contributed by atoms with Crippen LogP contribution >= 0.6 is 23.2 Å². The van der Waals surface area contributed by atoms with Crippen LogP contribution < -0.4 is 5.32 Å². The van der Waals surface area contributed by atoms with Gasteiger partial charge in [0.1, 0.15) is 5.54 Å². The Balaban J connectivity index is 1.53.